The molecule has 1 amide bonds. The van der Waals surface area contributed by atoms with E-state index in [1.807, 2.05) is 6.92 Å². The van der Waals surface area contributed by atoms with Crippen LogP contribution >= 0.6 is 23.2 Å². The minimum Gasteiger partial charge on any atom is -0.354 e. The Morgan fingerprint density at radius 3 is 2.71 bits per heavy atom. The number of rotatable bonds is 4. The van der Waals surface area contributed by atoms with Crippen molar-refractivity contribution in [3.63, 3.8) is 0 Å². The van der Waals surface area contributed by atoms with Crippen LogP contribution in [0.15, 0.2) is 0 Å². The minimum atomic E-state index is -0.864. The summed E-state index contributed by atoms with van der Waals surface area (Å²) in [6.07, 6.45) is 2.94. The Morgan fingerprint density at radius 2 is 2.18 bits per heavy atom. The number of carbonyl (C=O) groups is 1. The number of carbonyl (C=O) groups excluding carboxylic acids is 1. The van der Waals surface area contributed by atoms with Gasteiger partial charge < -0.3 is 5.32 Å². The normalized spacial score (nSPS) is 35.9. The SMILES string of the molecule is CCN1CCC[C@@H]1CNC(=O)[C@]1(C)CC1(Cl)Cl. The van der Waals surface area contributed by atoms with Crippen LogP contribution in [0.25, 0.3) is 0 Å². The molecule has 1 N–H and O–H groups in total. The van der Waals surface area contributed by atoms with Crippen LogP contribution in [0.1, 0.15) is 33.1 Å². The highest BCUT2D eigenvalue weighted by molar-refractivity contribution is 6.53. The van der Waals surface area contributed by atoms with Crippen molar-refractivity contribution in [2.75, 3.05) is 19.6 Å². The Morgan fingerprint density at radius 1 is 1.53 bits per heavy atom. The van der Waals surface area contributed by atoms with E-state index < -0.39 is 9.75 Å². The second-order valence-corrected chi connectivity index (χ2v) is 6.83. The van der Waals surface area contributed by atoms with Gasteiger partial charge in [-0.2, -0.15) is 0 Å². The van der Waals surface area contributed by atoms with Crippen LogP contribution in [0.5, 0.6) is 0 Å². The monoisotopic (exact) mass is 278 g/mol. The Labute approximate surface area is 113 Å². The molecule has 3 nitrogen and oxygen atoms in total. The van der Waals surface area contributed by atoms with Crippen molar-refractivity contribution in [3.05, 3.63) is 0 Å². The van der Waals surface area contributed by atoms with Crippen LogP contribution in [0.2, 0.25) is 0 Å². The van der Waals surface area contributed by atoms with Crippen molar-refractivity contribution in [2.24, 2.45) is 5.41 Å². The predicted molar refractivity (Wildman–Crippen MR) is 70.4 cm³/mol. The molecule has 0 aromatic heterocycles. The molecule has 1 saturated carbocycles. The van der Waals surface area contributed by atoms with Crippen molar-refractivity contribution in [2.45, 2.75) is 43.5 Å². The standard InChI is InChI=1S/C12H20Cl2N2O/c1-3-16-6-4-5-9(16)7-15-10(17)11(2)8-12(11,13)14/h9H,3-8H2,1-2H3,(H,15,17)/t9-,11+/m1/s1. The lowest BCUT2D eigenvalue weighted by atomic mass is 10.1. The topological polar surface area (TPSA) is 32.3 Å². The van der Waals surface area contributed by atoms with Crippen molar-refractivity contribution in [1.82, 2.24) is 10.2 Å². The van der Waals surface area contributed by atoms with E-state index in [0.717, 1.165) is 19.5 Å². The molecule has 2 aliphatic rings. The number of hydrogen-bond donors (Lipinski definition) is 1. The number of amides is 1. The van der Waals surface area contributed by atoms with E-state index >= 15 is 0 Å². The first-order chi connectivity index (χ1) is 7.90. The Bertz CT molecular complexity index is 322. The van der Waals surface area contributed by atoms with Gasteiger partial charge in [-0.3, -0.25) is 9.69 Å². The third-order valence-electron chi connectivity index (χ3n) is 4.16. The summed E-state index contributed by atoms with van der Waals surface area (Å²) in [6, 6.07) is 0.478. The molecule has 98 valence electrons. The van der Waals surface area contributed by atoms with Gasteiger partial charge in [-0.25, -0.2) is 0 Å². The van der Waals surface area contributed by atoms with E-state index in [4.69, 9.17) is 23.2 Å². The second-order valence-electron chi connectivity index (χ2n) is 5.35. The van der Waals surface area contributed by atoms with E-state index in [-0.39, 0.29) is 5.91 Å². The Kier molecular flexibility index (Phi) is 3.64. The van der Waals surface area contributed by atoms with Gasteiger partial charge in [0.05, 0.1) is 5.41 Å². The fourth-order valence-electron chi connectivity index (χ4n) is 2.59. The van der Waals surface area contributed by atoms with E-state index in [1.54, 1.807) is 0 Å². The van der Waals surface area contributed by atoms with Crippen molar-refractivity contribution in [3.8, 4) is 0 Å². The van der Waals surface area contributed by atoms with E-state index in [1.165, 1.54) is 6.42 Å². The number of nitrogens with zero attached hydrogens (tertiary/aromatic N) is 1. The quantitative estimate of drug-likeness (QED) is 0.800. The van der Waals surface area contributed by atoms with Gasteiger partial charge in [-0.1, -0.05) is 6.92 Å². The molecule has 2 atom stereocenters. The molecule has 0 aromatic rings. The van der Waals surface area contributed by atoms with Crippen LogP contribution in [0, 0.1) is 5.41 Å². The van der Waals surface area contributed by atoms with Gasteiger partial charge in [0.15, 0.2) is 0 Å². The molecule has 2 fully saturated rings. The van der Waals surface area contributed by atoms with Crippen molar-refractivity contribution >= 4 is 29.1 Å². The summed E-state index contributed by atoms with van der Waals surface area (Å²) < 4.78 is -0.864. The third kappa shape index (κ3) is 2.42. The number of alkyl halides is 2. The average molecular weight is 279 g/mol. The maximum Gasteiger partial charge on any atom is 0.229 e. The number of hydrogen-bond acceptors (Lipinski definition) is 2. The summed E-state index contributed by atoms with van der Waals surface area (Å²) in [4.78, 5) is 14.4. The highest BCUT2D eigenvalue weighted by atomic mass is 35.5. The van der Waals surface area contributed by atoms with Crippen LogP contribution in [0.4, 0.5) is 0 Å². The van der Waals surface area contributed by atoms with Gasteiger partial charge in [-0.15, -0.1) is 23.2 Å². The molecule has 0 bridgehead atoms. The highest BCUT2D eigenvalue weighted by Gasteiger charge is 2.67. The molecule has 0 aromatic carbocycles. The first kappa shape index (κ1) is 13.4. The Balaban J connectivity index is 1.81. The number of halogens is 2. The maximum absolute atomic E-state index is 12.0. The molecule has 1 aliphatic heterocycles. The van der Waals surface area contributed by atoms with E-state index in [9.17, 15) is 4.79 Å². The van der Waals surface area contributed by atoms with Gasteiger partial charge in [-0.05, 0) is 39.3 Å². The summed E-state index contributed by atoms with van der Waals surface area (Å²) in [6.45, 7) is 6.89. The lowest BCUT2D eigenvalue weighted by Crippen LogP contribution is -2.43. The van der Waals surface area contributed by atoms with Gasteiger partial charge in [0.25, 0.3) is 0 Å². The largest absolute Gasteiger partial charge is 0.354 e. The van der Waals surface area contributed by atoms with Crippen molar-refractivity contribution < 1.29 is 4.79 Å². The summed E-state index contributed by atoms with van der Waals surface area (Å²) in [5.74, 6) is -0.00884. The van der Waals surface area contributed by atoms with Gasteiger partial charge in [0, 0.05) is 12.6 Å². The molecule has 5 heteroatoms. The predicted octanol–water partition coefficient (Wildman–Crippen LogP) is 2.17. The zero-order valence-corrected chi connectivity index (χ0v) is 11.9. The average Bonchev–Trinajstić information content (AvgIpc) is 2.67. The molecule has 1 heterocycles. The van der Waals surface area contributed by atoms with Gasteiger partial charge in [0.1, 0.15) is 4.33 Å². The van der Waals surface area contributed by atoms with E-state index in [0.29, 0.717) is 19.0 Å². The first-order valence-corrected chi connectivity index (χ1v) is 7.06. The van der Waals surface area contributed by atoms with Crippen molar-refractivity contribution in [1.29, 1.82) is 0 Å². The lowest BCUT2D eigenvalue weighted by Gasteiger charge is -2.24. The smallest absolute Gasteiger partial charge is 0.229 e. The molecular weight excluding hydrogens is 259 g/mol. The fraction of sp³-hybridized carbons (Fsp3) is 0.917. The number of likely N-dealkylation sites (N-methyl/N-ethyl adjacent to an activating group) is 1. The van der Waals surface area contributed by atoms with Crippen LogP contribution in [0.3, 0.4) is 0 Å². The maximum atomic E-state index is 12.0. The van der Waals surface area contributed by atoms with Crippen LogP contribution in [-0.4, -0.2) is 40.8 Å². The number of likely N-dealkylation sites (tertiary alicyclic amines) is 1. The van der Waals surface area contributed by atoms with Gasteiger partial charge in [0.2, 0.25) is 5.91 Å². The highest BCUT2D eigenvalue weighted by Crippen LogP contribution is 2.63. The summed E-state index contributed by atoms with van der Waals surface area (Å²) in [7, 11) is 0. The zero-order valence-electron chi connectivity index (χ0n) is 10.4. The molecule has 0 radical (unpaired) electrons. The molecule has 0 unspecified atom stereocenters. The second kappa shape index (κ2) is 4.60. The molecular formula is C12H20Cl2N2O. The summed E-state index contributed by atoms with van der Waals surface area (Å²) in [5, 5.41) is 3.00. The number of nitrogens with one attached hydrogen (secondary N) is 1. The third-order valence-corrected chi connectivity index (χ3v) is 5.26. The first-order valence-electron chi connectivity index (χ1n) is 6.31. The van der Waals surface area contributed by atoms with Crippen LogP contribution in [-0.2, 0) is 4.79 Å². The van der Waals surface area contributed by atoms with Gasteiger partial charge >= 0.3 is 0 Å². The fourth-order valence-corrected chi connectivity index (χ4v) is 3.30. The molecule has 17 heavy (non-hydrogen) atoms. The van der Waals surface area contributed by atoms with E-state index in [2.05, 4.69) is 17.1 Å². The summed E-state index contributed by atoms with van der Waals surface area (Å²) >= 11 is 12.0. The lowest BCUT2D eigenvalue weighted by molar-refractivity contribution is -0.126. The minimum absolute atomic E-state index is 0.00884. The summed E-state index contributed by atoms with van der Waals surface area (Å²) in [5.41, 5.74) is -0.592. The molecule has 2 rings (SSSR count). The molecule has 1 saturated heterocycles. The molecule has 0 spiro atoms. The van der Waals surface area contributed by atoms with Crippen LogP contribution < -0.4 is 5.32 Å². The molecule has 1 aliphatic carbocycles. The zero-order chi connectivity index (χ0) is 12.7. The Hall–Kier alpha value is 0.01000.